The second kappa shape index (κ2) is 4.06. The van der Waals surface area contributed by atoms with Crippen molar-refractivity contribution in [1.82, 2.24) is 9.55 Å². The van der Waals surface area contributed by atoms with Gasteiger partial charge >= 0.3 is 5.56 Å². The van der Waals surface area contributed by atoms with Crippen LogP contribution >= 0.6 is 0 Å². The summed E-state index contributed by atoms with van der Waals surface area (Å²) in [6.45, 7) is 0. The van der Waals surface area contributed by atoms with Gasteiger partial charge in [-0.2, -0.15) is 0 Å². The lowest BCUT2D eigenvalue weighted by Crippen LogP contribution is -2.18. The van der Waals surface area contributed by atoms with Gasteiger partial charge in [0.2, 0.25) is 0 Å². The maximum Gasteiger partial charge on any atom is 0.313 e. The Morgan fingerprint density at radius 1 is 1.31 bits per heavy atom. The van der Waals surface area contributed by atoms with Gasteiger partial charge in [-0.15, -0.1) is 0 Å². The van der Waals surface area contributed by atoms with Crippen molar-refractivity contribution in [2.24, 2.45) is 7.05 Å². The molecular weight excluding hydrogens is 206 g/mol. The molecule has 0 saturated heterocycles. The molecule has 0 radical (unpaired) electrons. The predicted molar refractivity (Wildman–Crippen MR) is 60.4 cm³/mol. The highest BCUT2D eigenvalue weighted by Crippen LogP contribution is 2.17. The fourth-order valence-corrected chi connectivity index (χ4v) is 1.19. The zero-order valence-electron chi connectivity index (χ0n) is 8.75. The molecule has 5 heteroatoms. The molecule has 0 saturated carbocycles. The number of anilines is 1. The third-order valence-corrected chi connectivity index (χ3v) is 2.08. The van der Waals surface area contributed by atoms with Crippen LogP contribution in [0.5, 0.6) is 11.6 Å². The minimum absolute atomic E-state index is 0.0507. The number of rotatable bonds is 2. The van der Waals surface area contributed by atoms with Crippen molar-refractivity contribution in [2.45, 2.75) is 0 Å². The second-order valence-electron chi connectivity index (χ2n) is 3.32. The number of ether oxygens (including phenoxy) is 1. The molecule has 1 aromatic carbocycles. The third kappa shape index (κ3) is 2.03. The van der Waals surface area contributed by atoms with E-state index in [0.29, 0.717) is 11.4 Å². The van der Waals surface area contributed by atoms with Crippen LogP contribution in [0.1, 0.15) is 0 Å². The zero-order chi connectivity index (χ0) is 11.5. The second-order valence-corrected chi connectivity index (χ2v) is 3.32. The van der Waals surface area contributed by atoms with Crippen LogP contribution in [0.2, 0.25) is 0 Å². The number of aryl methyl sites for hydroxylation is 1. The van der Waals surface area contributed by atoms with Gasteiger partial charge in [-0.25, -0.2) is 4.98 Å². The number of nitrogens with zero attached hydrogens (tertiary/aromatic N) is 2. The number of hydrogen-bond donors (Lipinski definition) is 1. The number of nitrogens with two attached hydrogens (primary N) is 1. The third-order valence-electron chi connectivity index (χ3n) is 2.08. The van der Waals surface area contributed by atoms with Crippen molar-refractivity contribution in [1.29, 1.82) is 0 Å². The van der Waals surface area contributed by atoms with Crippen LogP contribution < -0.4 is 16.0 Å². The minimum atomic E-state index is -0.278. The molecule has 2 rings (SSSR count). The molecule has 1 heterocycles. The van der Waals surface area contributed by atoms with E-state index in [1.807, 2.05) is 0 Å². The van der Waals surface area contributed by atoms with E-state index in [4.69, 9.17) is 10.5 Å². The largest absolute Gasteiger partial charge is 0.435 e. The molecule has 1 aromatic heterocycles. The first kappa shape index (κ1) is 10.2. The smallest absolute Gasteiger partial charge is 0.313 e. The predicted octanol–water partition coefficient (Wildman–Crippen LogP) is 1.15. The molecule has 5 nitrogen and oxygen atoms in total. The first-order valence-corrected chi connectivity index (χ1v) is 4.72. The summed E-state index contributed by atoms with van der Waals surface area (Å²) < 4.78 is 6.75. The average molecular weight is 217 g/mol. The molecular formula is C11H11N3O2. The quantitative estimate of drug-likeness (QED) is 0.766. The molecule has 0 fully saturated rings. The monoisotopic (exact) mass is 217 g/mol. The van der Waals surface area contributed by atoms with E-state index in [-0.39, 0.29) is 11.4 Å². The molecule has 0 aliphatic carbocycles. The van der Waals surface area contributed by atoms with Crippen LogP contribution in [0.3, 0.4) is 0 Å². The van der Waals surface area contributed by atoms with E-state index in [0.717, 1.165) is 0 Å². The van der Waals surface area contributed by atoms with E-state index in [1.54, 1.807) is 37.5 Å². The summed E-state index contributed by atoms with van der Waals surface area (Å²) >= 11 is 0. The van der Waals surface area contributed by atoms with E-state index in [9.17, 15) is 4.79 Å². The lowest BCUT2D eigenvalue weighted by Gasteiger charge is -2.04. The SMILES string of the molecule is Cn1ccnc(Oc2ccc(N)cc2)c1=O. The standard InChI is InChI=1S/C11H11N3O2/c1-14-7-6-13-10(11(14)15)16-9-4-2-8(12)3-5-9/h2-7H,12H2,1H3. The Hall–Kier alpha value is -2.30. The topological polar surface area (TPSA) is 70.1 Å². The van der Waals surface area contributed by atoms with Gasteiger partial charge in [0.25, 0.3) is 5.88 Å². The summed E-state index contributed by atoms with van der Waals surface area (Å²) in [5, 5.41) is 0. The van der Waals surface area contributed by atoms with Crippen molar-refractivity contribution in [3.05, 3.63) is 47.0 Å². The van der Waals surface area contributed by atoms with Crippen molar-refractivity contribution in [3.8, 4) is 11.6 Å². The maximum atomic E-state index is 11.6. The molecule has 0 spiro atoms. The first-order chi connectivity index (χ1) is 7.66. The lowest BCUT2D eigenvalue weighted by atomic mass is 10.3. The molecule has 0 amide bonds. The van der Waals surface area contributed by atoms with Gasteiger partial charge in [0.1, 0.15) is 5.75 Å². The van der Waals surface area contributed by atoms with Crippen LogP contribution in [0.4, 0.5) is 5.69 Å². The van der Waals surface area contributed by atoms with Gasteiger partial charge < -0.3 is 15.0 Å². The summed E-state index contributed by atoms with van der Waals surface area (Å²) in [6, 6.07) is 6.76. The summed E-state index contributed by atoms with van der Waals surface area (Å²) in [5.41, 5.74) is 5.90. The normalized spacial score (nSPS) is 10.1. The first-order valence-electron chi connectivity index (χ1n) is 4.72. The molecule has 0 aliphatic heterocycles. The molecule has 82 valence electrons. The molecule has 0 unspecified atom stereocenters. The van der Waals surface area contributed by atoms with Crippen LogP contribution in [0.15, 0.2) is 41.5 Å². The lowest BCUT2D eigenvalue weighted by molar-refractivity contribution is 0.448. The highest BCUT2D eigenvalue weighted by atomic mass is 16.5. The van der Waals surface area contributed by atoms with Crippen molar-refractivity contribution >= 4 is 5.69 Å². The Bertz CT molecular complexity index is 546. The van der Waals surface area contributed by atoms with Crippen LogP contribution in [0.25, 0.3) is 0 Å². The summed E-state index contributed by atoms with van der Waals surface area (Å²) in [5.74, 6) is 0.583. The Morgan fingerprint density at radius 2 is 2.00 bits per heavy atom. The number of benzene rings is 1. The Labute approximate surface area is 92.1 Å². The average Bonchev–Trinajstić information content (AvgIpc) is 2.28. The van der Waals surface area contributed by atoms with Gasteiger partial charge in [-0.1, -0.05) is 0 Å². The number of aromatic nitrogens is 2. The molecule has 2 aromatic rings. The van der Waals surface area contributed by atoms with Gasteiger partial charge in [-0.3, -0.25) is 4.79 Å². The zero-order valence-corrected chi connectivity index (χ0v) is 8.75. The molecule has 2 N–H and O–H groups in total. The fourth-order valence-electron chi connectivity index (χ4n) is 1.19. The van der Waals surface area contributed by atoms with E-state index < -0.39 is 0 Å². The van der Waals surface area contributed by atoms with Crippen molar-refractivity contribution < 1.29 is 4.74 Å². The Kier molecular flexibility index (Phi) is 2.59. The highest BCUT2D eigenvalue weighted by molar-refractivity contribution is 5.42. The van der Waals surface area contributed by atoms with Crippen LogP contribution in [-0.2, 0) is 7.05 Å². The van der Waals surface area contributed by atoms with Crippen LogP contribution in [-0.4, -0.2) is 9.55 Å². The molecule has 0 atom stereocenters. The summed E-state index contributed by atoms with van der Waals surface area (Å²) in [6.07, 6.45) is 3.08. The fraction of sp³-hybridized carbons (Fsp3) is 0.0909. The maximum absolute atomic E-state index is 11.6. The molecule has 0 bridgehead atoms. The van der Waals surface area contributed by atoms with Gasteiger partial charge in [0.15, 0.2) is 0 Å². The Morgan fingerprint density at radius 3 is 2.69 bits per heavy atom. The van der Waals surface area contributed by atoms with Gasteiger partial charge in [0, 0.05) is 25.1 Å². The molecule has 0 aliphatic rings. The Balaban J connectivity index is 2.31. The van der Waals surface area contributed by atoms with Gasteiger partial charge in [0.05, 0.1) is 0 Å². The minimum Gasteiger partial charge on any atom is -0.435 e. The highest BCUT2D eigenvalue weighted by Gasteiger charge is 2.04. The summed E-state index contributed by atoms with van der Waals surface area (Å²) in [7, 11) is 1.64. The van der Waals surface area contributed by atoms with Crippen LogP contribution in [0, 0.1) is 0 Å². The van der Waals surface area contributed by atoms with E-state index >= 15 is 0 Å². The van der Waals surface area contributed by atoms with Crippen molar-refractivity contribution in [3.63, 3.8) is 0 Å². The van der Waals surface area contributed by atoms with E-state index in [2.05, 4.69) is 4.98 Å². The van der Waals surface area contributed by atoms with Gasteiger partial charge in [-0.05, 0) is 24.3 Å². The number of nitrogen functional groups attached to an aromatic ring is 1. The molecule has 16 heavy (non-hydrogen) atoms. The summed E-state index contributed by atoms with van der Waals surface area (Å²) in [4.78, 5) is 15.5. The number of hydrogen-bond acceptors (Lipinski definition) is 4. The van der Waals surface area contributed by atoms with Crippen molar-refractivity contribution in [2.75, 3.05) is 5.73 Å². The van der Waals surface area contributed by atoms with E-state index in [1.165, 1.54) is 10.8 Å².